The number of hydrazine groups is 1. The highest BCUT2D eigenvalue weighted by molar-refractivity contribution is 7.80. The fourth-order valence-electron chi connectivity index (χ4n) is 3.29. The van der Waals surface area contributed by atoms with E-state index in [4.69, 9.17) is 17.0 Å². The van der Waals surface area contributed by atoms with E-state index in [0.717, 1.165) is 28.3 Å². The van der Waals surface area contributed by atoms with Crippen molar-refractivity contribution in [3.05, 3.63) is 83.9 Å². The second-order valence-electron chi connectivity index (χ2n) is 7.53. The van der Waals surface area contributed by atoms with Crippen LogP contribution in [0, 0.1) is 0 Å². The third-order valence-electron chi connectivity index (χ3n) is 5.21. The molecule has 33 heavy (non-hydrogen) atoms. The van der Waals surface area contributed by atoms with Gasteiger partial charge in [-0.2, -0.15) is 0 Å². The number of ether oxygens (including phenoxy) is 1. The summed E-state index contributed by atoms with van der Waals surface area (Å²) in [5.41, 5.74) is 6.92. The zero-order valence-corrected chi connectivity index (χ0v) is 19.4. The second kappa shape index (κ2) is 11.8. The maximum Gasteiger partial charge on any atom is 0.276 e. The molecule has 3 aromatic carbocycles. The maximum absolute atomic E-state index is 12.2. The summed E-state index contributed by atoms with van der Waals surface area (Å²) in [4.78, 5) is 24.3. The minimum atomic E-state index is -0.420. The van der Waals surface area contributed by atoms with E-state index in [1.165, 1.54) is 6.08 Å². The Kier molecular flexibility index (Phi) is 8.55. The van der Waals surface area contributed by atoms with Crippen LogP contribution in [-0.4, -0.2) is 23.5 Å². The average Bonchev–Trinajstić information content (AvgIpc) is 2.84. The van der Waals surface area contributed by atoms with Crippen molar-refractivity contribution in [2.24, 2.45) is 0 Å². The van der Waals surface area contributed by atoms with Gasteiger partial charge in [0.15, 0.2) is 11.7 Å². The highest BCUT2D eigenvalue weighted by atomic mass is 32.1. The normalized spacial score (nSPS) is 11.7. The molecule has 3 aromatic rings. The molecule has 0 saturated carbocycles. The van der Waals surface area contributed by atoms with E-state index in [2.05, 4.69) is 30.0 Å². The minimum absolute atomic E-state index is 0.0177. The molecule has 170 valence electrons. The van der Waals surface area contributed by atoms with Gasteiger partial charge in [0.1, 0.15) is 5.75 Å². The molecule has 0 aliphatic carbocycles. The highest BCUT2D eigenvalue weighted by Gasteiger charge is 2.11. The van der Waals surface area contributed by atoms with Gasteiger partial charge in [-0.15, -0.1) is 0 Å². The van der Waals surface area contributed by atoms with Gasteiger partial charge in [-0.3, -0.25) is 25.8 Å². The van der Waals surface area contributed by atoms with Crippen LogP contribution in [0.3, 0.4) is 0 Å². The van der Waals surface area contributed by atoms with Crippen LogP contribution < -0.4 is 20.9 Å². The number of nitrogens with one attached hydrogen (secondary N) is 3. The fourth-order valence-corrected chi connectivity index (χ4v) is 3.44. The first-order valence-electron chi connectivity index (χ1n) is 10.7. The van der Waals surface area contributed by atoms with Gasteiger partial charge in [0.2, 0.25) is 5.91 Å². The second-order valence-corrected chi connectivity index (χ2v) is 7.94. The first-order chi connectivity index (χ1) is 16.0. The summed E-state index contributed by atoms with van der Waals surface area (Å²) in [5.74, 6) is 0.175. The molecule has 3 rings (SSSR count). The molecule has 1 atom stereocenters. The molecule has 0 bridgehead atoms. The van der Waals surface area contributed by atoms with Crippen LogP contribution in [0.25, 0.3) is 16.8 Å². The fraction of sp³-hybridized carbons (Fsp3) is 0.192. The summed E-state index contributed by atoms with van der Waals surface area (Å²) in [6.45, 7) is 4.03. The van der Waals surface area contributed by atoms with E-state index in [9.17, 15) is 9.59 Å². The van der Waals surface area contributed by atoms with Crippen molar-refractivity contribution in [2.45, 2.75) is 26.2 Å². The summed E-state index contributed by atoms with van der Waals surface area (Å²) < 4.78 is 5.66. The number of hydrogen-bond donors (Lipinski definition) is 3. The van der Waals surface area contributed by atoms with Gasteiger partial charge >= 0.3 is 0 Å². The Morgan fingerprint density at radius 2 is 1.73 bits per heavy atom. The third kappa shape index (κ3) is 6.89. The molecular formula is C26H27N3O3S. The molecular weight excluding hydrogens is 434 g/mol. The minimum Gasteiger partial charge on any atom is -0.483 e. The van der Waals surface area contributed by atoms with E-state index in [-0.39, 0.29) is 11.7 Å². The Hall–Kier alpha value is -3.71. The zero-order valence-electron chi connectivity index (χ0n) is 18.6. The van der Waals surface area contributed by atoms with Gasteiger partial charge in [0.05, 0.1) is 0 Å². The monoisotopic (exact) mass is 461 g/mol. The molecule has 0 aliphatic heterocycles. The number of para-hydroxylation sites is 1. The number of carbonyl (C=O) groups excluding carboxylic acids is 2. The number of rotatable bonds is 7. The van der Waals surface area contributed by atoms with E-state index >= 15 is 0 Å². The number of amides is 2. The van der Waals surface area contributed by atoms with Crippen molar-refractivity contribution < 1.29 is 14.3 Å². The van der Waals surface area contributed by atoms with Gasteiger partial charge in [0.25, 0.3) is 5.91 Å². The van der Waals surface area contributed by atoms with Gasteiger partial charge < -0.3 is 4.74 Å². The first-order valence-corrected chi connectivity index (χ1v) is 11.2. The Balaban J connectivity index is 1.46. The largest absolute Gasteiger partial charge is 0.483 e. The van der Waals surface area contributed by atoms with Crippen LogP contribution in [0.2, 0.25) is 0 Å². The standard InChI is InChI=1S/C26H27N3O3S/c1-3-18(2)21-12-6-7-14-23(21)32-17-25(31)28-29-26(33)27-24(30)16-15-20-11-8-10-19-9-4-5-13-22(19)20/h4-16,18H,3,17H2,1-2H3,(H,28,31)(H2,27,29,30,33). The summed E-state index contributed by atoms with van der Waals surface area (Å²) in [6.07, 6.45) is 4.09. The predicted octanol–water partition coefficient (Wildman–Crippen LogP) is 4.47. The number of hydrogen-bond acceptors (Lipinski definition) is 4. The van der Waals surface area contributed by atoms with Crippen LogP contribution in [0.4, 0.5) is 0 Å². The molecule has 2 amide bonds. The molecule has 1 unspecified atom stereocenters. The van der Waals surface area contributed by atoms with Gasteiger partial charge in [0, 0.05) is 6.08 Å². The summed E-state index contributed by atoms with van der Waals surface area (Å²) >= 11 is 5.07. The zero-order chi connectivity index (χ0) is 23.6. The quantitative estimate of drug-likeness (QED) is 0.275. The van der Waals surface area contributed by atoms with Crippen LogP contribution in [0.1, 0.15) is 37.3 Å². The molecule has 6 nitrogen and oxygen atoms in total. The predicted molar refractivity (Wildman–Crippen MR) is 136 cm³/mol. The van der Waals surface area contributed by atoms with Crippen molar-refractivity contribution in [2.75, 3.05) is 6.61 Å². The Bertz CT molecular complexity index is 1170. The Morgan fingerprint density at radius 3 is 2.55 bits per heavy atom. The molecule has 0 heterocycles. The average molecular weight is 462 g/mol. The summed E-state index contributed by atoms with van der Waals surface area (Å²) in [5, 5.41) is 4.62. The lowest BCUT2D eigenvalue weighted by Crippen LogP contribution is -2.49. The van der Waals surface area contributed by atoms with E-state index in [0.29, 0.717) is 11.7 Å². The van der Waals surface area contributed by atoms with E-state index in [1.54, 1.807) is 6.08 Å². The summed E-state index contributed by atoms with van der Waals surface area (Å²) in [7, 11) is 0. The van der Waals surface area contributed by atoms with Crippen LogP contribution in [-0.2, 0) is 9.59 Å². The molecule has 0 fully saturated rings. The lowest BCUT2D eigenvalue weighted by atomic mass is 9.98. The smallest absolute Gasteiger partial charge is 0.276 e. The van der Waals surface area contributed by atoms with Crippen LogP contribution in [0.15, 0.2) is 72.8 Å². The van der Waals surface area contributed by atoms with Gasteiger partial charge in [-0.1, -0.05) is 74.5 Å². The van der Waals surface area contributed by atoms with E-state index in [1.807, 2.05) is 66.7 Å². The number of fused-ring (bicyclic) bond motifs is 1. The van der Waals surface area contributed by atoms with Crippen LogP contribution in [0.5, 0.6) is 5.75 Å². The maximum atomic E-state index is 12.2. The van der Waals surface area contributed by atoms with Crippen molar-refractivity contribution in [3.8, 4) is 5.75 Å². The van der Waals surface area contributed by atoms with E-state index < -0.39 is 11.8 Å². The molecule has 0 aromatic heterocycles. The lowest BCUT2D eigenvalue weighted by Gasteiger charge is -2.16. The number of thiocarbonyl (C=S) groups is 1. The molecule has 0 radical (unpaired) electrons. The molecule has 3 N–H and O–H groups in total. The Morgan fingerprint density at radius 1 is 1.00 bits per heavy atom. The van der Waals surface area contributed by atoms with Gasteiger partial charge in [-0.25, -0.2) is 0 Å². The van der Waals surface area contributed by atoms with Crippen molar-refractivity contribution in [1.29, 1.82) is 0 Å². The molecule has 7 heteroatoms. The molecule has 0 saturated heterocycles. The van der Waals surface area contributed by atoms with Crippen LogP contribution >= 0.6 is 12.2 Å². The summed E-state index contributed by atoms with van der Waals surface area (Å²) in [6, 6.07) is 21.5. The Labute approximate surface area is 199 Å². The third-order valence-corrected chi connectivity index (χ3v) is 5.42. The van der Waals surface area contributed by atoms with Crippen molar-refractivity contribution in [1.82, 2.24) is 16.2 Å². The SMILES string of the molecule is CCC(C)c1ccccc1OCC(=O)NNC(=S)NC(=O)C=Cc1cccc2ccccc12. The highest BCUT2D eigenvalue weighted by Crippen LogP contribution is 2.28. The lowest BCUT2D eigenvalue weighted by molar-refractivity contribution is -0.123. The number of benzene rings is 3. The first kappa shape index (κ1) is 23.9. The van der Waals surface area contributed by atoms with Crippen molar-refractivity contribution >= 4 is 46.0 Å². The topological polar surface area (TPSA) is 79.5 Å². The number of carbonyl (C=O) groups is 2. The van der Waals surface area contributed by atoms with Gasteiger partial charge in [-0.05, 0) is 58.6 Å². The molecule has 0 spiro atoms. The molecule has 0 aliphatic rings. The van der Waals surface area contributed by atoms with Crippen molar-refractivity contribution in [3.63, 3.8) is 0 Å².